The maximum Gasteiger partial charge on any atom is 0.422 e. The van der Waals surface area contributed by atoms with Gasteiger partial charge >= 0.3 is 6.18 Å². The number of hydrogen-bond acceptors (Lipinski definition) is 6. The first-order valence-electron chi connectivity index (χ1n) is 10.2. The van der Waals surface area contributed by atoms with Crippen molar-refractivity contribution in [3.05, 3.63) is 52.3 Å². The molecule has 0 unspecified atom stereocenters. The lowest BCUT2D eigenvalue weighted by Gasteiger charge is -2.28. The number of rotatable bonds is 7. The first kappa shape index (κ1) is 25.3. The molecule has 0 bridgehead atoms. The number of carbonyl (C=O) groups excluding carboxylic acids is 2. The van der Waals surface area contributed by atoms with Crippen LogP contribution in [-0.4, -0.2) is 44.2 Å². The molecule has 3 rings (SSSR count). The van der Waals surface area contributed by atoms with Crippen LogP contribution in [0.4, 0.5) is 22.0 Å². The van der Waals surface area contributed by atoms with E-state index in [1.165, 1.54) is 19.2 Å². The molecular weight excluding hydrogens is 465 g/mol. The zero-order valence-corrected chi connectivity index (χ0v) is 18.5. The molecule has 0 spiro atoms. The van der Waals surface area contributed by atoms with E-state index in [4.69, 9.17) is 4.74 Å². The van der Waals surface area contributed by atoms with Crippen LogP contribution in [0.5, 0.6) is 5.75 Å². The maximum absolute atomic E-state index is 13.6. The summed E-state index contributed by atoms with van der Waals surface area (Å²) >= 11 is 0. The van der Waals surface area contributed by atoms with Crippen molar-refractivity contribution in [3.63, 3.8) is 0 Å². The Kier molecular flexibility index (Phi) is 6.81. The largest absolute Gasteiger partial charge is 0.511 e. The van der Waals surface area contributed by atoms with Crippen molar-refractivity contribution in [1.82, 2.24) is 14.8 Å². The minimum absolute atomic E-state index is 0.0335. The lowest BCUT2D eigenvalue weighted by atomic mass is 9.75. The summed E-state index contributed by atoms with van der Waals surface area (Å²) in [5.41, 5.74) is -2.14. The SMILES string of the molecule is Cc1c(OCC(F)(F)F)ccnc1Cn1cc(C(=O)C2=C(O)CC(C)(C)CC2=O)c(C(F)F)n1. The number of hydrogen-bond donors (Lipinski definition) is 1. The molecule has 0 radical (unpaired) electrons. The van der Waals surface area contributed by atoms with Crippen molar-refractivity contribution < 1.29 is 41.4 Å². The van der Waals surface area contributed by atoms with Gasteiger partial charge in [-0.2, -0.15) is 18.3 Å². The minimum Gasteiger partial charge on any atom is -0.511 e. The van der Waals surface area contributed by atoms with E-state index in [-0.39, 0.29) is 36.4 Å². The number of Topliss-reactive ketones (excluding diaryl/α,β-unsaturated/α-hetero) is 2. The Balaban J connectivity index is 1.93. The molecule has 7 nitrogen and oxygen atoms in total. The molecule has 184 valence electrons. The van der Waals surface area contributed by atoms with E-state index < -0.39 is 58.8 Å². The Morgan fingerprint density at radius 3 is 2.56 bits per heavy atom. The highest BCUT2D eigenvalue weighted by atomic mass is 19.4. The topological polar surface area (TPSA) is 94.3 Å². The number of ether oxygens (including phenoxy) is 1. The van der Waals surface area contributed by atoms with E-state index in [0.717, 1.165) is 10.9 Å². The lowest BCUT2D eigenvalue weighted by molar-refractivity contribution is -0.153. The molecule has 2 aromatic heterocycles. The predicted octanol–water partition coefficient (Wildman–Crippen LogP) is 4.90. The van der Waals surface area contributed by atoms with E-state index in [9.17, 15) is 36.6 Å². The first-order chi connectivity index (χ1) is 15.7. The summed E-state index contributed by atoms with van der Waals surface area (Å²) in [6.07, 6.45) is -5.51. The van der Waals surface area contributed by atoms with Gasteiger partial charge in [0.15, 0.2) is 12.4 Å². The number of aliphatic hydroxyl groups is 1. The second-order valence-electron chi connectivity index (χ2n) is 8.80. The van der Waals surface area contributed by atoms with Gasteiger partial charge in [-0.3, -0.25) is 19.3 Å². The van der Waals surface area contributed by atoms with Crippen LogP contribution in [-0.2, 0) is 11.3 Å². The summed E-state index contributed by atoms with van der Waals surface area (Å²) in [7, 11) is 0. The zero-order chi connectivity index (χ0) is 25.4. The monoisotopic (exact) mass is 487 g/mol. The van der Waals surface area contributed by atoms with Crippen molar-refractivity contribution in [3.8, 4) is 5.75 Å². The van der Waals surface area contributed by atoms with Gasteiger partial charge in [-0.05, 0) is 18.4 Å². The summed E-state index contributed by atoms with van der Waals surface area (Å²) in [6.45, 7) is 3.13. The van der Waals surface area contributed by atoms with E-state index in [2.05, 4.69) is 10.1 Å². The lowest BCUT2D eigenvalue weighted by Crippen LogP contribution is -2.29. The molecule has 0 aromatic carbocycles. The molecule has 1 N–H and O–H groups in total. The highest BCUT2D eigenvalue weighted by molar-refractivity contribution is 6.27. The quantitative estimate of drug-likeness (QED) is 0.339. The van der Waals surface area contributed by atoms with Crippen molar-refractivity contribution in [2.24, 2.45) is 5.41 Å². The molecular formula is C22H22F5N3O4. The zero-order valence-electron chi connectivity index (χ0n) is 18.5. The average Bonchev–Trinajstić information content (AvgIpc) is 3.10. The maximum atomic E-state index is 13.6. The van der Waals surface area contributed by atoms with Crippen LogP contribution in [0.1, 0.15) is 60.4 Å². The molecule has 1 aliphatic rings. The van der Waals surface area contributed by atoms with Gasteiger partial charge in [0.1, 0.15) is 22.8 Å². The van der Waals surface area contributed by atoms with Crippen LogP contribution in [0.15, 0.2) is 29.8 Å². The third-order valence-electron chi connectivity index (χ3n) is 5.28. The van der Waals surface area contributed by atoms with E-state index >= 15 is 0 Å². The Hall–Kier alpha value is -3.31. The number of alkyl halides is 5. The van der Waals surface area contributed by atoms with Gasteiger partial charge < -0.3 is 9.84 Å². The second kappa shape index (κ2) is 9.15. The van der Waals surface area contributed by atoms with E-state index in [0.29, 0.717) is 0 Å². The van der Waals surface area contributed by atoms with Gasteiger partial charge in [-0.25, -0.2) is 8.78 Å². The molecule has 0 saturated heterocycles. The van der Waals surface area contributed by atoms with Crippen LogP contribution in [0.3, 0.4) is 0 Å². The van der Waals surface area contributed by atoms with Crippen LogP contribution in [0, 0.1) is 12.3 Å². The van der Waals surface area contributed by atoms with Gasteiger partial charge in [0, 0.05) is 30.8 Å². The summed E-state index contributed by atoms with van der Waals surface area (Å²) in [4.78, 5) is 29.5. The number of pyridine rings is 1. The van der Waals surface area contributed by atoms with Crippen molar-refractivity contribution in [2.45, 2.75) is 52.8 Å². The van der Waals surface area contributed by atoms with Crippen LogP contribution in [0.25, 0.3) is 0 Å². The molecule has 0 atom stereocenters. The third kappa shape index (κ3) is 5.60. The molecule has 0 amide bonds. The standard InChI is InChI=1S/C22H22F5N3O4/c1-11-13(28-5-4-16(11)34-10-22(25,26)27)9-30-8-12(18(29-30)20(23)24)19(33)17-14(31)6-21(2,3)7-15(17)32/h4-5,8,20,31H,6-7,9-10H2,1-3H3. The van der Waals surface area contributed by atoms with Crippen LogP contribution >= 0.6 is 0 Å². The van der Waals surface area contributed by atoms with Gasteiger partial charge in [0.2, 0.25) is 5.78 Å². The number of ketones is 2. The predicted molar refractivity (Wildman–Crippen MR) is 109 cm³/mol. The number of aromatic nitrogens is 3. The van der Waals surface area contributed by atoms with Gasteiger partial charge in [0.05, 0.1) is 17.8 Å². The van der Waals surface area contributed by atoms with Crippen molar-refractivity contribution in [1.29, 1.82) is 0 Å². The Morgan fingerprint density at radius 1 is 1.29 bits per heavy atom. The second-order valence-corrected chi connectivity index (χ2v) is 8.80. The smallest absolute Gasteiger partial charge is 0.422 e. The fourth-order valence-electron chi connectivity index (χ4n) is 3.72. The van der Waals surface area contributed by atoms with Crippen LogP contribution in [0.2, 0.25) is 0 Å². The van der Waals surface area contributed by atoms with E-state index in [1.807, 2.05) is 0 Å². The molecule has 0 fully saturated rings. The van der Waals surface area contributed by atoms with Crippen molar-refractivity contribution >= 4 is 11.6 Å². The Bertz CT molecular complexity index is 1150. The first-order valence-corrected chi connectivity index (χ1v) is 10.2. The summed E-state index contributed by atoms with van der Waals surface area (Å²) in [6, 6.07) is 1.23. The van der Waals surface area contributed by atoms with Crippen LogP contribution < -0.4 is 4.74 Å². The fourth-order valence-corrected chi connectivity index (χ4v) is 3.72. The normalized spacial score (nSPS) is 16.3. The molecule has 0 saturated carbocycles. The number of allylic oxidation sites excluding steroid dienone is 2. The number of halogens is 5. The van der Waals surface area contributed by atoms with E-state index in [1.54, 1.807) is 13.8 Å². The third-order valence-corrected chi connectivity index (χ3v) is 5.28. The van der Waals surface area contributed by atoms with Crippen molar-refractivity contribution in [2.75, 3.05) is 6.61 Å². The molecule has 2 aromatic rings. The molecule has 34 heavy (non-hydrogen) atoms. The van der Waals surface area contributed by atoms with Gasteiger partial charge in [0.25, 0.3) is 6.43 Å². The van der Waals surface area contributed by atoms with Gasteiger partial charge in [-0.1, -0.05) is 13.8 Å². The Morgan fingerprint density at radius 2 is 1.97 bits per heavy atom. The molecule has 1 aliphatic carbocycles. The summed E-state index contributed by atoms with van der Waals surface area (Å²) in [5.74, 6) is -2.28. The number of nitrogens with zero attached hydrogens (tertiary/aromatic N) is 3. The summed E-state index contributed by atoms with van der Waals surface area (Å²) < 4.78 is 70.4. The fraction of sp³-hybridized carbons (Fsp3) is 0.455. The minimum atomic E-state index is -4.55. The molecule has 2 heterocycles. The number of aliphatic hydroxyl groups excluding tert-OH is 1. The summed E-state index contributed by atoms with van der Waals surface area (Å²) in [5, 5.41) is 14.0. The molecule has 12 heteroatoms. The molecule has 0 aliphatic heterocycles. The average molecular weight is 487 g/mol. The van der Waals surface area contributed by atoms with Gasteiger partial charge in [-0.15, -0.1) is 0 Å². The highest BCUT2D eigenvalue weighted by Crippen LogP contribution is 2.37. The number of carbonyl (C=O) groups is 2. The highest BCUT2D eigenvalue weighted by Gasteiger charge is 2.38. The Labute approximate surface area is 191 Å².